The summed E-state index contributed by atoms with van der Waals surface area (Å²) in [6, 6.07) is 6.73. The van der Waals surface area contributed by atoms with Crippen LogP contribution < -0.4 is 4.72 Å². The van der Waals surface area contributed by atoms with Crippen LogP contribution in [0.5, 0.6) is 0 Å². The van der Waals surface area contributed by atoms with Gasteiger partial charge in [-0.05, 0) is 44.7 Å². The van der Waals surface area contributed by atoms with E-state index in [0.29, 0.717) is 12.8 Å². The highest BCUT2D eigenvalue weighted by molar-refractivity contribution is 7.89. The Labute approximate surface area is 132 Å². The summed E-state index contributed by atoms with van der Waals surface area (Å²) in [5.74, 6) is 0.134. The number of nitrogens with zero attached hydrogens (tertiary/aromatic N) is 1. The Balaban J connectivity index is 1.75. The molecular formula is C16H24N2O3S. The van der Waals surface area contributed by atoms with E-state index in [0.717, 1.165) is 31.5 Å². The fourth-order valence-electron chi connectivity index (χ4n) is 2.55. The SMILES string of the molecule is Cc1ccc(S(=O)(=O)NCCCC(=O)N2CCCCC2)cc1. The van der Waals surface area contributed by atoms with Crippen molar-refractivity contribution in [1.29, 1.82) is 0 Å². The van der Waals surface area contributed by atoms with Crippen molar-refractivity contribution in [1.82, 2.24) is 9.62 Å². The molecule has 2 rings (SSSR count). The number of carbonyl (C=O) groups excluding carboxylic acids is 1. The van der Waals surface area contributed by atoms with Crippen molar-refractivity contribution in [3.05, 3.63) is 29.8 Å². The zero-order chi connectivity index (χ0) is 16.0. The second-order valence-electron chi connectivity index (χ2n) is 5.76. The predicted molar refractivity (Wildman–Crippen MR) is 86.0 cm³/mol. The molecule has 1 aliphatic heterocycles. The number of benzene rings is 1. The molecule has 6 heteroatoms. The average molecular weight is 324 g/mol. The molecule has 1 aliphatic rings. The second-order valence-corrected chi connectivity index (χ2v) is 7.52. The third kappa shape index (κ3) is 4.81. The highest BCUT2D eigenvalue weighted by Gasteiger charge is 2.17. The smallest absolute Gasteiger partial charge is 0.240 e. The monoisotopic (exact) mass is 324 g/mol. The van der Waals surface area contributed by atoms with Crippen molar-refractivity contribution in [2.45, 2.75) is 43.9 Å². The lowest BCUT2D eigenvalue weighted by molar-refractivity contribution is -0.132. The van der Waals surface area contributed by atoms with Crippen molar-refractivity contribution in [2.24, 2.45) is 0 Å². The molecule has 122 valence electrons. The number of sulfonamides is 1. The molecule has 0 aromatic heterocycles. The largest absolute Gasteiger partial charge is 0.343 e. The molecule has 0 aliphatic carbocycles. The predicted octanol–water partition coefficient (Wildman–Crippen LogP) is 2.07. The minimum Gasteiger partial charge on any atom is -0.343 e. The lowest BCUT2D eigenvalue weighted by Crippen LogP contribution is -2.36. The van der Waals surface area contributed by atoms with E-state index < -0.39 is 10.0 Å². The molecule has 0 unspecified atom stereocenters. The van der Waals surface area contributed by atoms with Gasteiger partial charge in [-0.15, -0.1) is 0 Å². The van der Waals surface area contributed by atoms with E-state index in [9.17, 15) is 13.2 Å². The number of likely N-dealkylation sites (tertiary alicyclic amines) is 1. The molecule has 1 N–H and O–H groups in total. The summed E-state index contributed by atoms with van der Waals surface area (Å²) < 4.78 is 26.7. The van der Waals surface area contributed by atoms with Gasteiger partial charge in [-0.1, -0.05) is 17.7 Å². The minimum absolute atomic E-state index is 0.134. The Bertz CT molecular complexity index is 590. The van der Waals surface area contributed by atoms with E-state index in [1.165, 1.54) is 6.42 Å². The molecule has 5 nitrogen and oxygen atoms in total. The molecule has 1 saturated heterocycles. The minimum atomic E-state index is -3.47. The van der Waals surface area contributed by atoms with Gasteiger partial charge >= 0.3 is 0 Å². The number of carbonyl (C=O) groups is 1. The summed E-state index contributed by atoms with van der Waals surface area (Å²) >= 11 is 0. The number of hydrogen-bond acceptors (Lipinski definition) is 3. The van der Waals surface area contributed by atoms with Gasteiger partial charge in [0.15, 0.2) is 0 Å². The number of rotatable bonds is 6. The van der Waals surface area contributed by atoms with Gasteiger partial charge in [0.2, 0.25) is 15.9 Å². The zero-order valence-corrected chi connectivity index (χ0v) is 13.9. The van der Waals surface area contributed by atoms with Crippen LogP contribution >= 0.6 is 0 Å². The summed E-state index contributed by atoms with van der Waals surface area (Å²) in [5, 5.41) is 0. The first-order valence-corrected chi connectivity index (χ1v) is 9.31. The highest BCUT2D eigenvalue weighted by Crippen LogP contribution is 2.12. The lowest BCUT2D eigenvalue weighted by Gasteiger charge is -2.26. The molecule has 1 heterocycles. The van der Waals surface area contributed by atoms with Crippen molar-refractivity contribution < 1.29 is 13.2 Å². The van der Waals surface area contributed by atoms with Crippen LogP contribution in [-0.4, -0.2) is 38.9 Å². The summed E-state index contributed by atoms with van der Waals surface area (Å²) in [6.07, 6.45) is 4.27. The average Bonchev–Trinajstić information content (AvgIpc) is 2.52. The maximum atomic E-state index is 12.1. The van der Waals surface area contributed by atoms with Crippen LogP contribution in [0.3, 0.4) is 0 Å². The molecule has 1 fully saturated rings. The molecule has 0 radical (unpaired) electrons. The third-order valence-corrected chi connectivity index (χ3v) is 5.38. The zero-order valence-electron chi connectivity index (χ0n) is 13.0. The van der Waals surface area contributed by atoms with E-state index in [2.05, 4.69) is 4.72 Å². The van der Waals surface area contributed by atoms with Crippen LogP contribution in [0, 0.1) is 6.92 Å². The van der Waals surface area contributed by atoms with E-state index in [-0.39, 0.29) is 17.3 Å². The van der Waals surface area contributed by atoms with E-state index >= 15 is 0 Å². The maximum Gasteiger partial charge on any atom is 0.240 e. The molecule has 22 heavy (non-hydrogen) atoms. The van der Waals surface area contributed by atoms with Gasteiger partial charge in [-0.25, -0.2) is 13.1 Å². The molecule has 0 spiro atoms. The Hall–Kier alpha value is -1.40. The topological polar surface area (TPSA) is 66.5 Å². The normalized spacial score (nSPS) is 15.8. The summed E-state index contributed by atoms with van der Waals surface area (Å²) in [7, 11) is -3.47. The van der Waals surface area contributed by atoms with Gasteiger partial charge in [0.05, 0.1) is 4.90 Å². The van der Waals surface area contributed by atoms with Crippen LogP contribution in [0.1, 0.15) is 37.7 Å². The summed E-state index contributed by atoms with van der Waals surface area (Å²) in [4.78, 5) is 14.1. The third-order valence-electron chi connectivity index (χ3n) is 3.90. The summed E-state index contributed by atoms with van der Waals surface area (Å²) in [5.41, 5.74) is 1.02. The Kier molecular flexibility index (Phi) is 5.97. The van der Waals surface area contributed by atoms with Gasteiger partial charge < -0.3 is 4.90 Å². The number of hydrogen-bond donors (Lipinski definition) is 1. The van der Waals surface area contributed by atoms with E-state index in [1.54, 1.807) is 24.3 Å². The molecule has 1 aromatic carbocycles. The Morgan fingerprint density at radius 2 is 1.77 bits per heavy atom. The molecular weight excluding hydrogens is 300 g/mol. The molecule has 0 saturated carbocycles. The number of piperidine rings is 1. The van der Waals surface area contributed by atoms with Crippen LogP contribution in [0.2, 0.25) is 0 Å². The second kappa shape index (κ2) is 7.74. The molecule has 0 bridgehead atoms. The van der Waals surface area contributed by atoms with Gasteiger partial charge in [0, 0.05) is 26.1 Å². The van der Waals surface area contributed by atoms with Crippen molar-refractivity contribution in [3.8, 4) is 0 Å². The fourth-order valence-corrected chi connectivity index (χ4v) is 3.62. The van der Waals surface area contributed by atoms with Crippen LogP contribution in [0.15, 0.2) is 29.2 Å². The Morgan fingerprint density at radius 1 is 1.14 bits per heavy atom. The molecule has 0 atom stereocenters. The van der Waals surface area contributed by atoms with E-state index in [4.69, 9.17) is 0 Å². The number of amides is 1. The van der Waals surface area contributed by atoms with Gasteiger partial charge in [0.25, 0.3) is 0 Å². The summed E-state index contributed by atoms with van der Waals surface area (Å²) in [6.45, 7) is 3.88. The first kappa shape index (κ1) is 17.0. The van der Waals surface area contributed by atoms with Crippen molar-refractivity contribution >= 4 is 15.9 Å². The standard InChI is InChI=1S/C16H24N2O3S/c1-14-7-9-15(10-8-14)22(20,21)17-11-5-6-16(19)18-12-3-2-4-13-18/h7-10,17H,2-6,11-13H2,1H3. The quantitative estimate of drug-likeness (QED) is 0.815. The van der Waals surface area contributed by atoms with Crippen molar-refractivity contribution in [3.63, 3.8) is 0 Å². The van der Waals surface area contributed by atoms with Crippen molar-refractivity contribution in [2.75, 3.05) is 19.6 Å². The van der Waals surface area contributed by atoms with Gasteiger partial charge in [0.1, 0.15) is 0 Å². The maximum absolute atomic E-state index is 12.1. The van der Waals surface area contributed by atoms with E-state index in [1.807, 2.05) is 11.8 Å². The first-order valence-electron chi connectivity index (χ1n) is 7.83. The number of nitrogens with one attached hydrogen (secondary N) is 1. The van der Waals surface area contributed by atoms with Crippen LogP contribution in [0.25, 0.3) is 0 Å². The highest BCUT2D eigenvalue weighted by atomic mass is 32.2. The number of aryl methyl sites for hydroxylation is 1. The van der Waals surface area contributed by atoms with Crippen LogP contribution in [0.4, 0.5) is 0 Å². The molecule has 1 amide bonds. The molecule has 1 aromatic rings. The Morgan fingerprint density at radius 3 is 2.41 bits per heavy atom. The first-order chi connectivity index (χ1) is 10.5. The van der Waals surface area contributed by atoms with Gasteiger partial charge in [-0.2, -0.15) is 0 Å². The fraction of sp³-hybridized carbons (Fsp3) is 0.562. The lowest BCUT2D eigenvalue weighted by atomic mass is 10.1. The van der Waals surface area contributed by atoms with Gasteiger partial charge in [-0.3, -0.25) is 4.79 Å². The van der Waals surface area contributed by atoms with Crippen LogP contribution in [-0.2, 0) is 14.8 Å².